The Kier molecular flexibility index (Phi) is 4.63. The lowest BCUT2D eigenvalue weighted by Gasteiger charge is -2.15. The van der Waals surface area contributed by atoms with Crippen LogP contribution in [0.3, 0.4) is 0 Å². The van der Waals surface area contributed by atoms with Crippen LogP contribution in [0.15, 0.2) is 42.5 Å². The third kappa shape index (κ3) is 3.63. The van der Waals surface area contributed by atoms with E-state index in [0.29, 0.717) is 5.75 Å². The van der Waals surface area contributed by atoms with Gasteiger partial charge in [-0.2, -0.15) is 0 Å². The molecule has 2 rings (SSSR count). The van der Waals surface area contributed by atoms with Crippen LogP contribution in [0.25, 0.3) is 0 Å². The van der Waals surface area contributed by atoms with Crippen molar-refractivity contribution in [3.8, 4) is 5.75 Å². The molecule has 110 valence electrons. The van der Waals surface area contributed by atoms with E-state index < -0.39 is 6.16 Å². The third-order valence-electron chi connectivity index (χ3n) is 3.74. The number of rotatable bonds is 3. The zero-order valence-electron chi connectivity index (χ0n) is 12.8. The van der Waals surface area contributed by atoms with Crippen LogP contribution in [0, 0.1) is 20.8 Å². The molecule has 0 radical (unpaired) electrons. The lowest BCUT2D eigenvalue weighted by molar-refractivity contribution is 0.0653. The molecule has 0 fully saturated rings. The van der Waals surface area contributed by atoms with E-state index in [1.54, 1.807) is 6.07 Å². The minimum atomic E-state index is -0.683. The van der Waals surface area contributed by atoms with Crippen LogP contribution < -0.4 is 4.74 Å². The first-order valence-electron chi connectivity index (χ1n) is 6.99. The molecule has 0 amide bonds. The van der Waals surface area contributed by atoms with Gasteiger partial charge in [0.05, 0.1) is 0 Å². The van der Waals surface area contributed by atoms with Gasteiger partial charge < -0.3 is 9.47 Å². The van der Waals surface area contributed by atoms with Gasteiger partial charge in [0.15, 0.2) is 0 Å². The number of hydrogen-bond donors (Lipinski definition) is 0. The van der Waals surface area contributed by atoms with Gasteiger partial charge in [0.1, 0.15) is 11.9 Å². The van der Waals surface area contributed by atoms with E-state index in [9.17, 15) is 4.79 Å². The van der Waals surface area contributed by atoms with Gasteiger partial charge in [-0.15, -0.1) is 0 Å². The second-order valence-corrected chi connectivity index (χ2v) is 5.15. The minimum Gasteiger partial charge on any atom is -0.426 e. The first-order valence-corrected chi connectivity index (χ1v) is 6.99. The second kappa shape index (κ2) is 6.44. The molecule has 3 heteroatoms. The zero-order chi connectivity index (χ0) is 15.4. The summed E-state index contributed by atoms with van der Waals surface area (Å²) < 4.78 is 10.6. The van der Waals surface area contributed by atoms with Crippen LogP contribution in [0.2, 0.25) is 0 Å². The molecule has 2 aromatic rings. The first kappa shape index (κ1) is 15.1. The van der Waals surface area contributed by atoms with Gasteiger partial charge in [-0.3, -0.25) is 0 Å². The number of carbonyl (C=O) groups excluding carboxylic acids is 1. The summed E-state index contributed by atoms with van der Waals surface area (Å²) in [7, 11) is 0. The number of carbonyl (C=O) groups is 1. The standard InChI is InChI=1S/C18H20O3/c1-12-10-11-17(14(3)13(12)2)21-18(19)20-15(4)16-8-6-5-7-9-16/h5-11,15H,1-4H3. The fourth-order valence-corrected chi connectivity index (χ4v) is 2.09. The molecule has 0 saturated heterocycles. The maximum absolute atomic E-state index is 11.9. The molecule has 1 unspecified atom stereocenters. The van der Waals surface area contributed by atoms with Crippen molar-refractivity contribution in [2.75, 3.05) is 0 Å². The van der Waals surface area contributed by atoms with Crippen molar-refractivity contribution in [2.45, 2.75) is 33.8 Å². The van der Waals surface area contributed by atoms with Crippen LogP contribution in [0.4, 0.5) is 4.79 Å². The van der Waals surface area contributed by atoms with Gasteiger partial charge in [-0.05, 0) is 56.0 Å². The third-order valence-corrected chi connectivity index (χ3v) is 3.74. The minimum absolute atomic E-state index is 0.342. The van der Waals surface area contributed by atoms with Gasteiger partial charge in [0.2, 0.25) is 0 Å². The lowest BCUT2D eigenvalue weighted by Crippen LogP contribution is -2.14. The van der Waals surface area contributed by atoms with Crippen molar-refractivity contribution in [1.82, 2.24) is 0 Å². The van der Waals surface area contributed by atoms with Crippen LogP contribution >= 0.6 is 0 Å². The summed E-state index contributed by atoms with van der Waals surface area (Å²) in [4.78, 5) is 11.9. The molecule has 0 spiro atoms. The predicted octanol–water partition coefficient (Wildman–Crippen LogP) is 4.89. The summed E-state index contributed by atoms with van der Waals surface area (Å²) in [6, 6.07) is 13.3. The van der Waals surface area contributed by atoms with E-state index >= 15 is 0 Å². The van der Waals surface area contributed by atoms with Gasteiger partial charge in [-0.1, -0.05) is 36.4 Å². The van der Waals surface area contributed by atoms with E-state index in [4.69, 9.17) is 9.47 Å². The lowest BCUT2D eigenvalue weighted by atomic mass is 10.0. The summed E-state index contributed by atoms with van der Waals surface area (Å²) >= 11 is 0. The number of benzene rings is 2. The monoisotopic (exact) mass is 284 g/mol. The molecule has 0 aliphatic carbocycles. The quantitative estimate of drug-likeness (QED) is 0.594. The van der Waals surface area contributed by atoms with Crippen molar-refractivity contribution >= 4 is 6.16 Å². The Bertz CT molecular complexity index is 632. The Morgan fingerprint density at radius 2 is 1.62 bits per heavy atom. The SMILES string of the molecule is Cc1ccc(OC(=O)OC(C)c2ccccc2)c(C)c1C. The fraction of sp³-hybridized carbons (Fsp3) is 0.278. The van der Waals surface area contributed by atoms with Crippen molar-refractivity contribution in [3.63, 3.8) is 0 Å². The van der Waals surface area contributed by atoms with Gasteiger partial charge >= 0.3 is 6.16 Å². The van der Waals surface area contributed by atoms with Crippen molar-refractivity contribution < 1.29 is 14.3 Å². The highest BCUT2D eigenvalue weighted by molar-refractivity contribution is 5.65. The predicted molar refractivity (Wildman–Crippen MR) is 82.6 cm³/mol. The van der Waals surface area contributed by atoms with E-state index in [1.807, 2.05) is 64.1 Å². The highest BCUT2D eigenvalue weighted by Crippen LogP contribution is 2.25. The molecular weight excluding hydrogens is 264 g/mol. The molecule has 0 aliphatic heterocycles. The van der Waals surface area contributed by atoms with E-state index in [0.717, 1.165) is 16.7 Å². The highest BCUT2D eigenvalue weighted by atomic mass is 16.7. The topological polar surface area (TPSA) is 35.5 Å². The average Bonchev–Trinajstić information content (AvgIpc) is 2.49. The van der Waals surface area contributed by atoms with Crippen LogP contribution in [-0.2, 0) is 4.74 Å². The smallest absolute Gasteiger partial charge is 0.426 e. The Balaban J connectivity index is 2.04. The van der Waals surface area contributed by atoms with E-state index in [1.165, 1.54) is 5.56 Å². The second-order valence-electron chi connectivity index (χ2n) is 5.15. The number of ether oxygens (including phenoxy) is 2. The molecule has 0 N–H and O–H groups in total. The van der Waals surface area contributed by atoms with Crippen molar-refractivity contribution in [2.24, 2.45) is 0 Å². The van der Waals surface area contributed by atoms with Crippen LogP contribution in [0.1, 0.15) is 35.3 Å². The Labute approximate surface area is 125 Å². The summed E-state index contributed by atoms with van der Waals surface area (Å²) in [5, 5.41) is 0. The van der Waals surface area contributed by atoms with Gasteiger partial charge in [0, 0.05) is 0 Å². The summed E-state index contributed by atoms with van der Waals surface area (Å²) in [6.07, 6.45) is -1.02. The number of aryl methyl sites for hydroxylation is 1. The maximum Gasteiger partial charge on any atom is 0.514 e. The van der Waals surface area contributed by atoms with E-state index in [2.05, 4.69) is 0 Å². The molecular formula is C18H20O3. The molecule has 0 bridgehead atoms. The number of hydrogen-bond acceptors (Lipinski definition) is 3. The Morgan fingerprint density at radius 3 is 2.29 bits per heavy atom. The molecule has 0 aromatic heterocycles. The van der Waals surface area contributed by atoms with E-state index in [-0.39, 0.29) is 6.10 Å². The van der Waals surface area contributed by atoms with Crippen molar-refractivity contribution in [1.29, 1.82) is 0 Å². The molecule has 0 saturated carbocycles. The van der Waals surface area contributed by atoms with Gasteiger partial charge in [0.25, 0.3) is 0 Å². The van der Waals surface area contributed by atoms with Crippen LogP contribution in [0.5, 0.6) is 5.75 Å². The average molecular weight is 284 g/mol. The zero-order valence-corrected chi connectivity index (χ0v) is 12.8. The first-order chi connectivity index (χ1) is 9.99. The molecule has 0 heterocycles. The largest absolute Gasteiger partial charge is 0.514 e. The normalized spacial score (nSPS) is 11.8. The summed E-state index contributed by atoms with van der Waals surface area (Å²) in [5.41, 5.74) is 4.19. The Morgan fingerprint density at radius 1 is 0.952 bits per heavy atom. The fourth-order valence-electron chi connectivity index (χ4n) is 2.09. The van der Waals surface area contributed by atoms with Gasteiger partial charge in [-0.25, -0.2) is 4.79 Å². The molecule has 3 nitrogen and oxygen atoms in total. The summed E-state index contributed by atoms with van der Waals surface area (Å²) in [5.74, 6) is 0.545. The van der Waals surface area contributed by atoms with Crippen LogP contribution in [-0.4, -0.2) is 6.16 Å². The van der Waals surface area contributed by atoms with Crippen molar-refractivity contribution in [3.05, 3.63) is 64.7 Å². The molecule has 21 heavy (non-hydrogen) atoms. The highest BCUT2D eigenvalue weighted by Gasteiger charge is 2.15. The summed E-state index contributed by atoms with van der Waals surface area (Å²) in [6.45, 7) is 7.80. The molecule has 1 atom stereocenters. The molecule has 2 aromatic carbocycles. The Hall–Kier alpha value is -2.29. The maximum atomic E-state index is 11.9. The molecule has 0 aliphatic rings.